The van der Waals surface area contributed by atoms with Gasteiger partial charge in [0, 0.05) is 30.4 Å². The fraction of sp³-hybridized carbons (Fsp3) is 0.519. The van der Waals surface area contributed by atoms with Gasteiger partial charge >= 0.3 is 6.09 Å². The van der Waals surface area contributed by atoms with Gasteiger partial charge in [-0.05, 0) is 73.6 Å². The largest absolute Gasteiger partial charge is 0.508 e. The molecule has 1 heterocycles. The number of methoxy groups -OCH3 is 2. The second-order valence-electron chi connectivity index (χ2n) is 9.29. The number of benzene rings is 2. The van der Waals surface area contributed by atoms with E-state index >= 15 is 0 Å². The van der Waals surface area contributed by atoms with Crippen molar-refractivity contribution < 1.29 is 24.1 Å². The van der Waals surface area contributed by atoms with E-state index < -0.39 is 0 Å². The molecule has 0 radical (unpaired) electrons. The van der Waals surface area contributed by atoms with Crippen LogP contribution in [0.5, 0.6) is 11.5 Å². The Morgan fingerprint density at radius 3 is 2.50 bits per heavy atom. The van der Waals surface area contributed by atoms with Gasteiger partial charge in [0.1, 0.15) is 11.5 Å². The lowest BCUT2D eigenvalue weighted by Gasteiger charge is -2.32. The number of nitrogens with zero attached hydrogens (tertiary/aromatic N) is 1. The fourth-order valence-electron chi connectivity index (χ4n) is 4.96. The summed E-state index contributed by atoms with van der Waals surface area (Å²) in [6.45, 7) is 3.73. The Hall–Kier alpha value is -2.93. The zero-order chi connectivity index (χ0) is 24.1. The van der Waals surface area contributed by atoms with Crippen LogP contribution in [0.2, 0.25) is 0 Å². The Kier molecular flexibility index (Phi) is 7.83. The van der Waals surface area contributed by atoms with Crippen LogP contribution in [0, 0.1) is 6.92 Å². The second-order valence-corrected chi connectivity index (χ2v) is 9.29. The summed E-state index contributed by atoms with van der Waals surface area (Å²) in [5.74, 6) is 0.883. The monoisotopic (exact) mass is 468 g/mol. The van der Waals surface area contributed by atoms with Crippen molar-refractivity contribution in [2.45, 2.75) is 64.2 Å². The Morgan fingerprint density at radius 2 is 1.82 bits per heavy atom. The molecule has 1 aliphatic carbocycles. The predicted molar refractivity (Wildman–Crippen MR) is 132 cm³/mol. The number of hydrogen-bond acceptors (Lipinski definition) is 6. The van der Waals surface area contributed by atoms with E-state index in [0.29, 0.717) is 37.6 Å². The van der Waals surface area contributed by atoms with Crippen molar-refractivity contribution in [2.24, 2.45) is 0 Å². The highest BCUT2D eigenvalue weighted by Gasteiger charge is 2.23. The molecule has 0 spiro atoms. The summed E-state index contributed by atoms with van der Waals surface area (Å²) in [5, 5.41) is 14.1. The normalized spacial score (nSPS) is 17.1. The van der Waals surface area contributed by atoms with Crippen LogP contribution in [0.3, 0.4) is 0 Å². The zero-order valence-electron chi connectivity index (χ0n) is 20.4. The van der Waals surface area contributed by atoms with E-state index in [9.17, 15) is 9.90 Å². The van der Waals surface area contributed by atoms with Gasteiger partial charge in [-0.25, -0.2) is 4.79 Å². The number of phenols is 1. The Bertz CT molecular complexity index is 995. The molecule has 7 nitrogen and oxygen atoms in total. The van der Waals surface area contributed by atoms with Crippen LogP contribution in [0.15, 0.2) is 30.3 Å². The molecule has 2 fully saturated rings. The lowest BCUT2D eigenvalue weighted by atomic mass is 9.97. The van der Waals surface area contributed by atoms with Crippen molar-refractivity contribution >= 4 is 11.8 Å². The number of nitrogens with one attached hydrogen (secondary N) is 1. The van der Waals surface area contributed by atoms with Gasteiger partial charge in [0.05, 0.1) is 26.9 Å². The van der Waals surface area contributed by atoms with Crippen LogP contribution in [0.25, 0.3) is 11.1 Å². The average molecular weight is 469 g/mol. The number of amides is 1. The molecule has 2 N–H and O–H groups in total. The maximum Gasteiger partial charge on any atom is 0.409 e. The van der Waals surface area contributed by atoms with Gasteiger partial charge < -0.3 is 29.5 Å². The molecule has 0 unspecified atom stereocenters. The first kappa shape index (κ1) is 24.2. The molecule has 1 saturated carbocycles. The summed E-state index contributed by atoms with van der Waals surface area (Å²) >= 11 is 0. The van der Waals surface area contributed by atoms with Crippen LogP contribution in [-0.4, -0.2) is 55.6 Å². The highest BCUT2D eigenvalue weighted by Crippen LogP contribution is 2.37. The first-order chi connectivity index (χ1) is 16.5. The molecule has 184 valence electrons. The number of rotatable bonds is 7. The predicted octanol–water partition coefficient (Wildman–Crippen LogP) is 5.48. The van der Waals surface area contributed by atoms with E-state index in [0.717, 1.165) is 53.6 Å². The van der Waals surface area contributed by atoms with Gasteiger partial charge in [-0.3, -0.25) is 0 Å². The van der Waals surface area contributed by atoms with Gasteiger partial charge in [-0.2, -0.15) is 0 Å². The van der Waals surface area contributed by atoms with E-state index in [4.69, 9.17) is 14.2 Å². The SMILES string of the molecule is COC(=O)N1CCC(Nc2ccc(-c3cc(O)c(C)c(OC)c3)c(COC3CCCC3)c2)CC1. The molecule has 1 aliphatic heterocycles. The number of aromatic hydroxyl groups is 1. The van der Waals surface area contributed by atoms with Crippen molar-refractivity contribution in [2.75, 3.05) is 32.6 Å². The van der Waals surface area contributed by atoms with Gasteiger partial charge in [-0.15, -0.1) is 0 Å². The van der Waals surface area contributed by atoms with E-state index in [1.807, 2.05) is 13.0 Å². The summed E-state index contributed by atoms with van der Waals surface area (Å²) in [6.07, 6.45) is 6.48. The van der Waals surface area contributed by atoms with Gasteiger partial charge in [0.2, 0.25) is 0 Å². The van der Waals surface area contributed by atoms with Gasteiger partial charge in [-0.1, -0.05) is 18.9 Å². The highest BCUT2D eigenvalue weighted by molar-refractivity contribution is 5.74. The second kappa shape index (κ2) is 11.0. The number of piperidine rings is 1. The van der Waals surface area contributed by atoms with E-state index in [1.165, 1.54) is 20.0 Å². The number of likely N-dealkylation sites (tertiary alicyclic amines) is 1. The molecule has 2 aromatic carbocycles. The molecule has 1 amide bonds. The first-order valence-electron chi connectivity index (χ1n) is 12.2. The number of ether oxygens (including phenoxy) is 3. The maximum atomic E-state index is 11.8. The smallest absolute Gasteiger partial charge is 0.409 e. The van der Waals surface area contributed by atoms with Crippen LogP contribution < -0.4 is 10.1 Å². The van der Waals surface area contributed by atoms with Crippen LogP contribution in [0.1, 0.15) is 49.7 Å². The topological polar surface area (TPSA) is 80.3 Å². The number of hydrogen-bond donors (Lipinski definition) is 2. The molecule has 0 atom stereocenters. The van der Waals surface area contributed by atoms with E-state index in [-0.39, 0.29) is 11.8 Å². The van der Waals surface area contributed by atoms with Gasteiger partial charge in [0.25, 0.3) is 0 Å². The van der Waals surface area contributed by atoms with Crippen LogP contribution in [-0.2, 0) is 16.1 Å². The number of carbonyl (C=O) groups excluding carboxylic acids is 1. The lowest BCUT2D eigenvalue weighted by Crippen LogP contribution is -2.42. The molecular formula is C27H36N2O5. The van der Waals surface area contributed by atoms with Crippen LogP contribution >= 0.6 is 0 Å². The standard InChI is InChI=1S/C27H36N2O5/c1-18-25(30)15-19(16-26(18)32-2)24-9-8-22(14-20(24)17-34-23-6-4-5-7-23)28-21-10-12-29(13-11-21)27(31)33-3/h8-9,14-16,21,23,28,30H,4-7,10-13,17H2,1-3H3. The number of carbonyl (C=O) groups is 1. The lowest BCUT2D eigenvalue weighted by molar-refractivity contribution is 0.0459. The van der Waals surface area contributed by atoms with E-state index in [2.05, 4.69) is 23.5 Å². The summed E-state index contributed by atoms with van der Waals surface area (Å²) in [5.41, 5.74) is 4.77. The number of phenolic OH excluding ortho intramolecular Hbond substituents is 1. The molecule has 4 rings (SSSR count). The minimum atomic E-state index is -0.258. The molecule has 1 saturated heterocycles. The van der Waals surface area contributed by atoms with Crippen LogP contribution in [0.4, 0.5) is 10.5 Å². The Labute approximate surface area is 202 Å². The van der Waals surface area contributed by atoms with Gasteiger partial charge in [0.15, 0.2) is 0 Å². The Balaban J connectivity index is 1.55. The summed E-state index contributed by atoms with van der Waals surface area (Å²) < 4.78 is 16.6. The molecule has 2 aromatic rings. The molecule has 2 aliphatic rings. The maximum absolute atomic E-state index is 11.8. The molecule has 0 bridgehead atoms. The molecular weight excluding hydrogens is 432 g/mol. The van der Waals surface area contributed by atoms with Crippen molar-refractivity contribution in [1.29, 1.82) is 0 Å². The summed E-state index contributed by atoms with van der Waals surface area (Å²) in [7, 11) is 3.04. The average Bonchev–Trinajstić information content (AvgIpc) is 3.38. The quantitative estimate of drug-likeness (QED) is 0.560. The van der Waals surface area contributed by atoms with Crippen molar-refractivity contribution in [3.63, 3.8) is 0 Å². The highest BCUT2D eigenvalue weighted by atomic mass is 16.5. The van der Waals surface area contributed by atoms with Crippen molar-refractivity contribution in [3.05, 3.63) is 41.5 Å². The zero-order valence-corrected chi connectivity index (χ0v) is 20.4. The summed E-state index contributed by atoms with van der Waals surface area (Å²) in [4.78, 5) is 13.5. The minimum absolute atomic E-state index is 0.219. The third-order valence-corrected chi connectivity index (χ3v) is 7.04. The molecule has 7 heteroatoms. The summed E-state index contributed by atoms with van der Waals surface area (Å²) in [6, 6.07) is 10.4. The fourth-order valence-corrected chi connectivity index (χ4v) is 4.96. The van der Waals surface area contributed by atoms with Crippen molar-refractivity contribution in [3.8, 4) is 22.6 Å². The third kappa shape index (κ3) is 5.58. The minimum Gasteiger partial charge on any atom is -0.508 e. The van der Waals surface area contributed by atoms with Crippen molar-refractivity contribution in [1.82, 2.24) is 4.90 Å². The van der Waals surface area contributed by atoms with E-state index in [1.54, 1.807) is 18.1 Å². The molecule has 0 aromatic heterocycles. The Morgan fingerprint density at radius 1 is 1.09 bits per heavy atom. The molecule has 34 heavy (non-hydrogen) atoms. The number of anilines is 1. The third-order valence-electron chi connectivity index (χ3n) is 7.04. The first-order valence-corrected chi connectivity index (χ1v) is 12.2.